The maximum atomic E-state index is 4.95. The van der Waals surface area contributed by atoms with Gasteiger partial charge in [-0.25, -0.2) is 4.57 Å². The van der Waals surface area contributed by atoms with E-state index in [1.165, 1.54) is 22.2 Å². The number of hydrogen-bond donors (Lipinski definition) is 0. The third-order valence-electron chi connectivity index (χ3n) is 4.80. The van der Waals surface area contributed by atoms with E-state index in [9.17, 15) is 0 Å². The van der Waals surface area contributed by atoms with E-state index in [2.05, 4.69) is 107 Å². The molecule has 0 saturated carbocycles. The molecule has 26 heavy (non-hydrogen) atoms. The Bertz CT molecular complexity index is 1110. The summed E-state index contributed by atoms with van der Waals surface area (Å²) in [6, 6.07) is 17.1. The number of aryl methyl sites for hydroxylation is 1. The average Bonchev–Trinajstić information content (AvgIpc) is 2.89. The number of imidazole rings is 1. The molecule has 0 aliphatic carbocycles. The van der Waals surface area contributed by atoms with Crippen molar-refractivity contribution in [2.24, 2.45) is 0 Å². The Morgan fingerprint density at radius 3 is 2.50 bits per heavy atom. The SMILES string of the molecule is Cc1nc(C(C)(C)C)cc2c1[n+](Cc1ccccc1)c1ccc(Br)cn21. The first-order valence-electron chi connectivity index (χ1n) is 8.90. The largest absolute Gasteiger partial charge is 0.287 e. The molecule has 3 nitrogen and oxygen atoms in total. The highest BCUT2D eigenvalue weighted by atomic mass is 79.9. The number of benzene rings is 1. The fourth-order valence-electron chi connectivity index (χ4n) is 3.47. The van der Waals surface area contributed by atoms with Crippen molar-refractivity contribution in [3.8, 4) is 0 Å². The number of rotatable bonds is 2. The highest BCUT2D eigenvalue weighted by molar-refractivity contribution is 9.10. The molecular weight excluding hydrogens is 386 g/mol. The summed E-state index contributed by atoms with van der Waals surface area (Å²) in [5.41, 5.74) is 7.06. The minimum atomic E-state index is 0.0133. The van der Waals surface area contributed by atoms with Crippen molar-refractivity contribution in [3.05, 3.63) is 76.2 Å². The van der Waals surface area contributed by atoms with Gasteiger partial charge in [-0.3, -0.25) is 4.98 Å². The summed E-state index contributed by atoms with van der Waals surface area (Å²) in [6.07, 6.45) is 2.14. The van der Waals surface area contributed by atoms with Crippen LogP contribution in [0.25, 0.3) is 16.7 Å². The van der Waals surface area contributed by atoms with Gasteiger partial charge in [0.05, 0.1) is 15.9 Å². The van der Waals surface area contributed by atoms with E-state index in [1.807, 2.05) is 0 Å². The molecule has 4 heteroatoms. The molecule has 1 aromatic carbocycles. The summed E-state index contributed by atoms with van der Waals surface area (Å²) in [7, 11) is 0. The summed E-state index contributed by atoms with van der Waals surface area (Å²) >= 11 is 3.63. The lowest BCUT2D eigenvalue weighted by Crippen LogP contribution is -2.34. The van der Waals surface area contributed by atoms with Gasteiger partial charge in [-0.1, -0.05) is 51.1 Å². The predicted molar refractivity (Wildman–Crippen MR) is 110 cm³/mol. The Hall–Kier alpha value is -2.20. The fraction of sp³-hybridized carbons (Fsp3) is 0.273. The second-order valence-electron chi connectivity index (χ2n) is 7.86. The topological polar surface area (TPSA) is 21.2 Å². The second kappa shape index (κ2) is 6.20. The van der Waals surface area contributed by atoms with Crippen LogP contribution in [0.4, 0.5) is 0 Å². The van der Waals surface area contributed by atoms with Crippen molar-refractivity contribution in [1.82, 2.24) is 9.38 Å². The zero-order chi connectivity index (χ0) is 18.5. The molecule has 0 spiro atoms. The quantitative estimate of drug-likeness (QED) is 0.418. The summed E-state index contributed by atoms with van der Waals surface area (Å²) in [5.74, 6) is 0. The summed E-state index contributed by atoms with van der Waals surface area (Å²) in [4.78, 5) is 4.95. The predicted octanol–water partition coefficient (Wildman–Crippen LogP) is 5.19. The van der Waals surface area contributed by atoms with Crippen LogP contribution in [0.5, 0.6) is 0 Å². The summed E-state index contributed by atoms with van der Waals surface area (Å²) < 4.78 is 5.71. The molecule has 0 amide bonds. The van der Waals surface area contributed by atoms with Gasteiger partial charge in [0.2, 0.25) is 0 Å². The number of nitrogens with zero attached hydrogens (tertiary/aromatic N) is 3. The lowest BCUT2D eigenvalue weighted by molar-refractivity contribution is -0.636. The first-order chi connectivity index (χ1) is 12.3. The van der Waals surface area contributed by atoms with E-state index in [4.69, 9.17) is 4.98 Å². The maximum absolute atomic E-state index is 4.95. The Kier molecular flexibility index (Phi) is 4.11. The lowest BCUT2D eigenvalue weighted by atomic mass is 9.91. The van der Waals surface area contributed by atoms with E-state index in [0.29, 0.717) is 0 Å². The minimum Gasteiger partial charge on any atom is -0.253 e. The van der Waals surface area contributed by atoms with E-state index in [0.717, 1.165) is 22.4 Å². The van der Waals surface area contributed by atoms with Gasteiger partial charge in [-0.15, -0.1) is 0 Å². The van der Waals surface area contributed by atoms with Gasteiger partial charge in [0.25, 0.3) is 5.65 Å². The molecule has 0 unspecified atom stereocenters. The van der Waals surface area contributed by atoms with Crippen LogP contribution < -0.4 is 4.57 Å². The molecule has 4 rings (SSSR count). The van der Waals surface area contributed by atoms with Crippen molar-refractivity contribution >= 4 is 32.6 Å². The van der Waals surface area contributed by atoms with Crippen LogP contribution in [-0.4, -0.2) is 9.38 Å². The van der Waals surface area contributed by atoms with Gasteiger partial charge in [0.15, 0.2) is 11.0 Å². The highest BCUT2D eigenvalue weighted by Gasteiger charge is 2.26. The van der Waals surface area contributed by atoms with Crippen LogP contribution >= 0.6 is 15.9 Å². The molecule has 0 aliphatic rings. The molecular formula is C22H23BrN3+. The third kappa shape index (κ3) is 2.92. The van der Waals surface area contributed by atoms with E-state index in [1.54, 1.807) is 0 Å². The monoisotopic (exact) mass is 408 g/mol. The Morgan fingerprint density at radius 2 is 1.81 bits per heavy atom. The van der Waals surface area contributed by atoms with Gasteiger partial charge in [0, 0.05) is 17.5 Å². The number of halogens is 1. The molecule has 0 bridgehead atoms. The Labute approximate surface area is 162 Å². The normalized spacial score (nSPS) is 12.2. The Balaban J connectivity index is 2.06. The third-order valence-corrected chi connectivity index (χ3v) is 5.26. The molecule has 0 atom stereocenters. The first-order valence-corrected chi connectivity index (χ1v) is 9.69. The highest BCUT2D eigenvalue weighted by Crippen LogP contribution is 2.27. The molecule has 3 aromatic heterocycles. The standard InChI is InChI=1S/C22H23BrN3/c1-15-21-18(12-19(24-15)22(2,3)4)25-14-17(23)10-11-20(25)26(21)13-16-8-6-5-7-9-16/h5-12,14H,13H2,1-4H3/q+1. The van der Waals surface area contributed by atoms with Crippen molar-refractivity contribution in [2.45, 2.75) is 39.7 Å². The van der Waals surface area contributed by atoms with Gasteiger partial charge < -0.3 is 0 Å². The van der Waals surface area contributed by atoms with Crippen LogP contribution in [0, 0.1) is 6.92 Å². The Morgan fingerprint density at radius 1 is 1.08 bits per heavy atom. The number of aromatic nitrogens is 3. The van der Waals surface area contributed by atoms with Crippen LogP contribution in [0.2, 0.25) is 0 Å². The molecule has 3 heterocycles. The van der Waals surface area contributed by atoms with Gasteiger partial charge >= 0.3 is 0 Å². The average molecular weight is 409 g/mol. The first kappa shape index (κ1) is 17.2. The van der Waals surface area contributed by atoms with Gasteiger partial charge in [0.1, 0.15) is 12.7 Å². The molecule has 0 N–H and O–H groups in total. The molecule has 0 aliphatic heterocycles. The van der Waals surface area contributed by atoms with Crippen LogP contribution in [0.15, 0.2) is 59.2 Å². The number of pyridine rings is 2. The van der Waals surface area contributed by atoms with Crippen molar-refractivity contribution in [3.63, 3.8) is 0 Å². The van der Waals surface area contributed by atoms with Crippen LogP contribution in [0.3, 0.4) is 0 Å². The van der Waals surface area contributed by atoms with Crippen molar-refractivity contribution < 1.29 is 4.57 Å². The van der Waals surface area contributed by atoms with Gasteiger partial charge in [-0.2, -0.15) is 4.40 Å². The second-order valence-corrected chi connectivity index (χ2v) is 8.77. The van der Waals surface area contributed by atoms with E-state index >= 15 is 0 Å². The zero-order valence-corrected chi connectivity index (χ0v) is 17.2. The smallest absolute Gasteiger partial charge is 0.253 e. The maximum Gasteiger partial charge on any atom is 0.287 e. The lowest BCUT2D eigenvalue weighted by Gasteiger charge is -2.17. The fourth-order valence-corrected chi connectivity index (χ4v) is 3.81. The number of hydrogen-bond acceptors (Lipinski definition) is 1. The molecule has 132 valence electrons. The van der Waals surface area contributed by atoms with Crippen LogP contribution in [-0.2, 0) is 12.0 Å². The zero-order valence-electron chi connectivity index (χ0n) is 15.6. The molecule has 0 saturated heterocycles. The molecule has 0 fully saturated rings. The van der Waals surface area contributed by atoms with E-state index < -0.39 is 0 Å². The van der Waals surface area contributed by atoms with E-state index in [-0.39, 0.29) is 5.41 Å². The minimum absolute atomic E-state index is 0.0133. The summed E-state index contributed by atoms with van der Waals surface area (Å²) in [6.45, 7) is 9.58. The van der Waals surface area contributed by atoms with Gasteiger partial charge in [-0.05, 0) is 34.5 Å². The van der Waals surface area contributed by atoms with Crippen LogP contribution in [0.1, 0.15) is 37.7 Å². The van der Waals surface area contributed by atoms with Crippen molar-refractivity contribution in [2.75, 3.05) is 0 Å². The summed E-state index contributed by atoms with van der Waals surface area (Å²) in [5, 5.41) is 0. The molecule has 4 aromatic rings. The number of fused-ring (bicyclic) bond motifs is 3. The van der Waals surface area contributed by atoms with Crippen molar-refractivity contribution in [1.29, 1.82) is 0 Å². The molecule has 0 radical (unpaired) electrons.